The molecule has 0 fully saturated rings. The fraction of sp³-hybridized carbons (Fsp3) is 0.429. The van der Waals surface area contributed by atoms with E-state index >= 15 is 0 Å². The van der Waals surface area contributed by atoms with Crippen LogP contribution < -0.4 is 5.14 Å². The third-order valence-electron chi connectivity index (χ3n) is 1.47. The molecule has 0 amide bonds. The molecule has 0 aliphatic heterocycles. The van der Waals surface area contributed by atoms with E-state index in [9.17, 15) is 9.50 Å². The monoisotopic (exact) mass is 207 g/mol. The van der Waals surface area contributed by atoms with E-state index in [0.29, 0.717) is 9.77 Å². The van der Waals surface area contributed by atoms with Crippen LogP contribution in [0.1, 0.15) is 19.4 Å². The molecule has 0 radical (unpaired) electrons. The fourth-order valence-electron chi connectivity index (χ4n) is 0.818. The van der Waals surface area contributed by atoms with E-state index in [1.807, 2.05) is 0 Å². The van der Waals surface area contributed by atoms with Gasteiger partial charge in [-0.2, -0.15) is 0 Å². The van der Waals surface area contributed by atoms with Crippen molar-refractivity contribution in [2.75, 3.05) is 0 Å². The van der Waals surface area contributed by atoms with Crippen molar-refractivity contribution >= 4 is 23.3 Å². The summed E-state index contributed by atoms with van der Waals surface area (Å²) in [5.74, 6) is -0.403. The van der Waals surface area contributed by atoms with Gasteiger partial charge >= 0.3 is 0 Å². The summed E-state index contributed by atoms with van der Waals surface area (Å²) in [5, 5.41) is 16.3. The largest absolute Gasteiger partial charge is 0.386 e. The van der Waals surface area contributed by atoms with Gasteiger partial charge in [-0.3, -0.25) is 5.14 Å². The van der Waals surface area contributed by atoms with Crippen LogP contribution >= 0.6 is 23.3 Å². The minimum atomic E-state index is -1.13. The molecule has 1 rings (SSSR count). The van der Waals surface area contributed by atoms with Gasteiger partial charge in [-0.05, 0) is 25.8 Å². The summed E-state index contributed by atoms with van der Waals surface area (Å²) in [6.07, 6.45) is 0. The molecule has 68 valence electrons. The lowest BCUT2D eigenvalue weighted by molar-refractivity contribution is 0.0748. The van der Waals surface area contributed by atoms with Gasteiger partial charge in [0.05, 0.1) is 5.60 Å². The molecule has 5 heteroatoms. The van der Waals surface area contributed by atoms with E-state index in [1.165, 1.54) is 11.3 Å². The van der Waals surface area contributed by atoms with Gasteiger partial charge in [0.15, 0.2) is 5.82 Å². The first-order valence-electron chi connectivity index (χ1n) is 3.33. The lowest BCUT2D eigenvalue weighted by Gasteiger charge is -2.15. The van der Waals surface area contributed by atoms with Crippen molar-refractivity contribution in [2.24, 2.45) is 5.14 Å². The zero-order valence-electron chi connectivity index (χ0n) is 6.80. The van der Waals surface area contributed by atoms with Crippen LogP contribution in [0, 0.1) is 5.82 Å². The maximum atomic E-state index is 13.3. The smallest absolute Gasteiger partial charge is 0.154 e. The molecule has 0 saturated carbocycles. The second-order valence-corrected chi connectivity index (χ2v) is 4.71. The van der Waals surface area contributed by atoms with Crippen LogP contribution in [0.4, 0.5) is 4.39 Å². The van der Waals surface area contributed by atoms with Crippen molar-refractivity contribution in [3.63, 3.8) is 0 Å². The van der Waals surface area contributed by atoms with E-state index in [4.69, 9.17) is 5.14 Å². The van der Waals surface area contributed by atoms with E-state index in [0.717, 1.165) is 11.9 Å². The molecule has 0 atom stereocenters. The van der Waals surface area contributed by atoms with Gasteiger partial charge in [0, 0.05) is 10.9 Å². The zero-order valence-corrected chi connectivity index (χ0v) is 8.43. The van der Waals surface area contributed by atoms with Crippen molar-refractivity contribution in [1.82, 2.24) is 0 Å². The highest BCUT2D eigenvalue weighted by Gasteiger charge is 2.24. The Morgan fingerprint density at radius 1 is 1.67 bits per heavy atom. The number of hydrogen-bond donors (Lipinski definition) is 2. The third kappa shape index (κ3) is 1.80. The highest BCUT2D eigenvalue weighted by Crippen LogP contribution is 2.33. The maximum absolute atomic E-state index is 13.3. The number of halogens is 1. The van der Waals surface area contributed by atoms with Crippen molar-refractivity contribution in [3.8, 4) is 0 Å². The van der Waals surface area contributed by atoms with Crippen LogP contribution in [0.2, 0.25) is 0 Å². The van der Waals surface area contributed by atoms with Crippen LogP contribution in [-0.4, -0.2) is 5.11 Å². The van der Waals surface area contributed by atoms with Gasteiger partial charge in [-0.25, -0.2) is 4.39 Å². The molecule has 1 aromatic rings. The first kappa shape index (κ1) is 9.98. The molecular formula is C7H10FNOS2. The summed E-state index contributed by atoms with van der Waals surface area (Å²) in [6.45, 7) is 3.09. The maximum Gasteiger partial charge on any atom is 0.154 e. The molecule has 3 N–H and O–H groups in total. The first-order chi connectivity index (χ1) is 5.46. The highest BCUT2D eigenvalue weighted by atomic mass is 32.2. The van der Waals surface area contributed by atoms with Crippen LogP contribution in [0.3, 0.4) is 0 Å². The van der Waals surface area contributed by atoms with Gasteiger partial charge in [0.25, 0.3) is 0 Å². The number of thiophene rings is 1. The lowest BCUT2D eigenvalue weighted by Crippen LogP contribution is -2.16. The van der Waals surface area contributed by atoms with Crippen LogP contribution in [0.15, 0.2) is 9.59 Å². The Morgan fingerprint density at radius 2 is 2.25 bits per heavy atom. The summed E-state index contributed by atoms with van der Waals surface area (Å²) in [4.78, 5) is 0. The van der Waals surface area contributed by atoms with Crippen molar-refractivity contribution in [2.45, 2.75) is 23.7 Å². The minimum absolute atomic E-state index is 0.306. The molecule has 12 heavy (non-hydrogen) atoms. The Labute approximate surface area is 78.7 Å². The number of aliphatic hydroxyl groups is 1. The Kier molecular flexibility index (Phi) is 2.77. The van der Waals surface area contributed by atoms with Crippen LogP contribution in [-0.2, 0) is 5.60 Å². The minimum Gasteiger partial charge on any atom is -0.386 e. The molecule has 0 saturated heterocycles. The molecule has 1 heterocycles. The molecule has 0 aliphatic rings. The van der Waals surface area contributed by atoms with E-state index < -0.39 is 11.4 Å². The van der Waals surface area contributed by atoms with E-state index in [2.05, 4.69) is 0 Å². The average molecular weight is 207 g/mol. The average Bonchev–Trinajstić information content (AvgIpc) is 2.29. The summed E-state index contributed by atoms with van der Waals surface area (Å²) in [5.41, 5.74) is -0.824. The Morgan fingerprint density at radius 3 is 2.50 bits per heavy atom. The van der Waals surface area contributed by atoms with Gasteiger partial charge in [0.2, 0.25) is 0 Å². The van der Waals surface area contributed by atoms with E-state index in [1.54, 1.807) is 19.2 Å². The summed E-state index contributed by atoms with van der Waals surface area (Å²) >= 11 is 2.07. The predicted octanol–water partition coefficient (Wildman–Crippen LogP) is 2.08. The molecular weight excluding hydrogens is 197 g/mol. The molecule has 0 bridgehead atoms. The van der Waals surface area contributed by atoms with Crippen molar-refractivity contribution in [1.29, 1.82) is 0 Å². The molecule has 0 aliphatic carbocycles. The second-order valence-electron chi connectivity index (χ2n) is 2.93. The zero-order chi connectivity index (χ0) is 9.35. The van der Waals surface area contributed by atoms with Crippen molar-refractivity contribution in [3.05, 3.63) is 16.8 Å². The van der Waals surface area contributed by atoms with Gasteiger partial charge in [-0.1, -0.05) is 0 Å². The van der Waals surface area contributed by atoms with Gasteiger partial charge < -0.3 is 5.11 Å². The number of nitrogens with two attached hydrogens (primary N) is 1. The molecule has 1 aromatic heterocycles. The number of hydrogen-bond acceptors (Lipinski definition) is 4. The fourth-order valence-corrected chi connectivity index (χ4v) is 2.23. The predicted molar refractivity (Wildman–Crippen MR) is 49.6 cm³/mol. The Balaban J connectivity index is 3.11. The normalized spacial score (nSPS) is 12.1. The Bertz CT molecular complexity index is 279. The first-order valence-corrected chi connectivity index (χ1v) is 5.09. The highest BCUT2D eigenvalue weighted by molar-refractivity contribution is 7.99. The summed E-state index contributed by atoms with van der Waals surface area (Å²) < 4.78 is 13.7. The molecule has 0 spiro atoms. The summed E-state index contributed by atoms with van der Waals surface area (Å²) in [6, 6.07) is 0. The lowest BCUT2D eigenvalue weighted by atomic mass is 10.0. The summed E-state index contributed by atoms with van der Waals surface area (Å²) in [7, 11) is 0. The number of rotatable bonds is 2. The second kappa shape index (κ2) is 3.33. The SMILES string of the molecule is CC(C)(O)c1csc(SN)c1F. The topological polar surface area (TPSA) is 46.2 Å². The quantitative estimate of drug-likeness (QED) is 0.730. The van der Waals surface area contributed by atoms with E-state index in [-0.39, 0.29) is 0 Å². The molecule has 2 nitrogen and oxygen atoms in total. The van der Waals surface area contributed by atoms with Crippen LogP contribution in [0.5, 0.6) is 0 Å². The van der Waals surface area contributed by atoms with Gasteiger partial charge in [0.1, 0.15) is 4.21 Å². The van der Waals surface area contributed by atoms with Crippen molar-refractivity contribution < 1.29 is 9.50 Å². The van der Waals surface area contributed by atoms with Gasteiger partial charge in [-0.15, -0.1) is 11.3 Å². The Hall–Kier alpha value is -0.100. The van der Waals surface area contributed by atoms with Crippen LogP contribution in [0.25, 0.3) is 0 Å². The molecule has 0 unspecified atom stereocenters. The third-order valence-corrected chi connectivity index (χ3v) is 3.18. The standard InChI is InChI=1S/C7H10FNOS2/c1-7(2,10)4-3-11-6(12-9)5(4)8/h3,10H,9H2,1-2H3. The molecule has 0 aromatic carbocycles.